The fourth-order valence-electron chi connectivity index (χ4n) is 3.48. The molecule has 27 heavy (non-hydrogen) atoms. The monoisotopic (exact) mass is 369 g/mol. The molecular weight excluding hydrogens is 346 g/mol. The second kappa shape index (κ2) is 6.90. The third kappa shape index (κ3) is 3.20. The van der Waals surface area contributed by atoms with Gasteiger partial charge in [-0.3, -0.25) is 14.4 Å². The first-order chi connectivity index (χ1) is 12.7. The Kier molecular flexibility index (Phi) is 4.78. The van der Waals surface area contributed by atoms with Crippen molar-refractivity contribution in [2.45, 2.75) is 19.9 Å². The molecule has 0 radical (unpaired) electrons. The minimum absolute atomic E-state index is 0.0535. The number of pyridine rings is 1. The van der Waals surface area contributed by atoms with E-state index >= 15 is 0 Å². The lowest BCUT2D eigenvalue weighted by Gasteiger charge is -2.31. The molecule has 2 heterocycles. The number of carbonyl (C=O) groups is 2. The summed E-state index contributed by atoms with van der Waals surface area (Å²) >= 11 is 0. The van der Waals surface area contributed by atoms with Crippen molar-refractivity contribution in [3.63, 3.8) is 0 Å². The number of benzene rings is 1. The predicted octanol–water partition coefficient (Wildman–Crippen LogP) is 1.30. The standard InChI is InChI=1S/C20H23N3O4/c1-12-6-5-7-13(10-12)11-23-9-8-14-15(18(23)25)17(24)20(27)22(4)16(14)19(26)21(2)3/h5-7,10,24H,8-9,11H2,1-4H3. The van der Waals surface area contributed by atoms with Crippen molar-refractivity contribution in [2.75, 3.05) is 20.6 Å². The fourth-order valence-corrected chi connectivity index (χ4v) is 3.48. The molecule has 1 aromatic heterocycles. The van der Waals surface area contributed by atoms with Crippen LogP contribution in [0.1, 0.15) is 37.5 Å². The summed E-state index contributed by atoms with van der Waals surface area (Å²) in [6, 6.07) is 7.83. The van der Waals surface area contributed by atoms with E-state index in [0.717, 1.165) is 15.7 Å². The van der Waals surface area contributed by atoms with Crippen molar-refractivity contribution in [3.8, 4) is 5.75 Å². The molecule has 2 amide bonds. The number of amides is 2. The largest absolute Gasteiger partial charge is 0.502 e. The summed E-state index contributed by atoms with van der Waals surface area (Å²) in [5.41, 5.74) is 1.85. The highest BCUT2D eigenvalue weighted by molar-refractivity contribution is 6.03. The first-order valence-electron chi connectivity index (χ1n) is 8.73. The van der Waals surface area contributed by atoms with Crippen LogP contribution in [-0.2, 0) is 20.0 Å². The molecule has 1 aliphatic heterocycles. The highest BCUT2D eigenvalue weighted by Gasteiger charge is 2.34. The van der Waals surface area contributed by atoms with Gasteiger partial charge in [-0.15, -0.1) is 0 Å². The van der Waals surface area contributed by atoms with Crippen molar-refractivity contribution < 1.29 is 14.7 Å². The molecule has 0 saturated heterocycles. The average Bonchev–Trinajstić information content (AvgIpc) is 2.62. The number of aryl methyl sites for hydroxylation is 1. The van der Waals surface area contributed by atoms with Crippen LogP contribution >= 0.6 is 0 Å². The molecule has 1 aromatic carbocycles. The first kappa shape index (κ1) is 18.7. The van der Waals surface area contributed by atoms with Crippen molar-refractivity contribution in [1.29, 1.82) is 0 Å². The first-order valence-corrected chi connectivity index (χ1v) is 8.73. The van der Waals surface area contributed by atoms with Gasteiger partial charge in [-0.05, 0) is 18.9 Å². The van der Waals surface area contributed by atoms with Gasteiger partial charge in [0, 0.05) is 39.8 Å². The number of fused-ring (bicyclic) bond motifs is 1. The third-order valence-electron chi connectivity index (χ3n) is 4.86. The summed E-state index contributed by atoms with van der Waals surface area (Å²) in [7, 11) is 4.60. The van der Waals surface area contributed by atoms with Gasteiger partial charge in [0.2, 0.25) is 0 Å². The van der Waals surface area contributed by atoms with Gasteiger partial charge in [0.25, 0.3) is 17.4 Å². The topological polar surface area (TPSA) is 82.8 Å². The molecule has 142 valence electrons. The molecule has 0 atom stereocenters. The maximum Gasteiger partial charge on any atom is 0.293 e. The van der Waals surface area contributed by atoms with E-state index in [0.29, 0.717) is 25.1 Å². The lowest BCUT2D eigenvalue weighted by atomic mass is 9.95. The zero-order chi connectivity index (χ0) is 19.9. The van der Waals surface area contributed by atoms with Crippen molar-refractivity contribution in [1.82, 2.24) is 14.4 Å². The second-order valence-corrected chi connectivity index (χ2v) is 7.08. The molecule has 1 aliphatic rings. The quantitative estimate of drug-likeness (QED) is 0.884. The van der Waals surface area contributed by atoms with E-state index in [2.05, 4.69) is 0 Å². The summed E-state index contributed by atoms with van der Waals surface area (Å²) < 4.78 is 1.12. The van der Waals surface area contributed by atoms with Gasteiger partial charge in [-0.2, -0.15) is 0 Å². The molecule has 3 rings (SSSR count). The Balaban J connectivity index is 2.07. The highest BCUT2D eigenvalue weighted by atomic mass is 16.3. The molecule has 2 aromatic rings. The number of hydrogen-bond donors (Lipinski definition) is 1. The van der Waals surface area contributed by atoms with E-state index in [4.69, 9.17) is 0 Å². The summed E-state index contributed by atoms with van der Waals surface area (Å²) in [6.07, 6.45) is 0.392. The van der Waals surface area contributed by atoms with E-state index in [1.54, 1.807) is 19.0 Å². The molecule has 1 N–H and O–H groups in total. The van der Waals surface area contributed by atoms with Crippen LogP contribution < -0.4 is 5.56 Å². The molecule has 7 heteroatoms. The van der Waals surface area contributed by atoms with E-state index in [1.807, 2.05) is 31.2 Å². The van der Waals surface area contributed by atoms with E-state index in [9.17, 15) is 19.5 Å². The van der Waals surface area contributed by atoms with Crippen LogP contribution in [0.25, 0.3) is 0 Å². The van der Waals surface area contributed by atoms with Crippen LogP contribution in [0.4, 0.5) is 0 Å². The summed E-state index contributed by atoms with van der Waals surface area (Å²) in [5, 5.41) is 10.4. The van der Waals surface area contributed by atoms with Crippen LogP contribution in [0.2, 0.25) is 0 Å². The van der Waals surface area contributed by atoms with Gasteiger partial charge in [-0.25, -0.2) is 0 Å². The molecule has 0 fully saturated rings. The van der Waals surface area contributed by atoms with E-state index < -0.39 is 17.2 Å². The van der Waals surface area contributed by atoms with Gasteiger partial charge in [0.15, 0.2) is 5.75 Å². The predicted molar refractivity (Wildman–Crippen MR) is 101 cm³/mol. The maximum absolute atomic E-state index is 13.0. The highest BCUT2D eigenvalue weighted by Crippen LogP contribution is 2.28. The molecular formula is C20H23N3O4. The number of carbonyl (C=O) groups excluding carboxylic acids is 2. The lowest BCUT2D eigenvalue weighted by Crippen LogP contribution is -2.42. The Bertz CT molecular complexity index is 991. The SMILES string of the molecule is Cc1cccc(CN2CCc3c(c(O)c(=O)n(C)c3C(=O)N(C)C)C2=O)c1. The summed E-state index contributed by atoms with van der Waals surface area (Å²) in [5.74, 6) is -1.40. The number of aromatic nitrogens is 1. The van der Waals surface area contributed by atoms with Crippen molar-refractivity contribution in [2.24, 2.45) is 7.05 Å². The lowest BCUT2D eigenvalue weighted by molar-refractivity contribution is 0.0720. The molecule has 0 aliphatic carbocycles. The number of nitrogens with zero attached hydrogens (tertiary/aromatic N) is 3. The van der Waals surface area contributed by atoms with Gasteiger partial charge in [-0.1, -0.05) is 29.8 Å². The van der Waals surface area contributed by atoms with Crippen LogP contribution in [-0.4, -0.2) is 51.9 Å². The molecule has 0 spiro atoms. The van der Waals surface area contributed by atoms with Gasteiger partial charge >= 0.3 is 0 Å². The molecule has 0 bridgehead atoms. The fraction of sp³-hybridized carbons (Fsp3) is 0.350. The zero-order valence-corrected chi connectivity index (χ0v) is 15.9. The Morgan fingerprint density at radius 2 is 1.96 bits per heavy atom. The third-order valence-corrected chi connectivity index (χ3v) is 4.86. The average molecular weight is 369 g/mol. The molecule has 0 unspecified atom stereocenters. The van der Waals surface area contributed by atoms with E-state index in [-0.39, 0.29) is 17.2 Å². The van der Waals surface area contributed by atoms with Crippen LogP contribution in [0.15, 0.2) is 29.1 Å². The van der Waals surface area contributed by atoms with Crippen LogP contribution in [0, 0.1) is 6.92 Å². The molecule has 0 saturated carbocycles. The Hall–Kier alpha value is -3.09. The van der Waals surface area contributed by atoms with Gasteiger partial charge in [0.1, 0.15) is 5.69 Å². The number of rotatable bonds is 3. The van der Waals surface area contributed by atoms with Gasteiger partial charge < -0.3 is 19.5 Å². The minimum atomic E-state index is -0.746. The number of hydrogen-bond acceptors (Lipinski definition) is 4. The van der Waals surface area contributed by atoms with Gasteiger partial charge in [0.05, 0.1) is 5.56 Å². The zero-order valence-electron chi connectivity index (χ0n) is 15.9. The molecule has 7 nitrogen and oxygen atoms in total. The Labute approximate surface area is 157 Å². The summed E-state index contributed by atoms with van der Waals surface area (Å²) in [4.78, 5) is 41.0. The maximum atomic E-state index is 13.0. The van der Waals surface area contributed by atoms with Crippen molar-refractivity contribution >= 4 is 11.8 Å². The second-order valence-electron chi connectivity index (χ2n) is 7.08. The minimum Gasteiger partial charge on any atom is -0.502 e. The normalized spacial score (nSPS) is 13.5. The Morgan fingerprint density at radius 3 is 2.59 bits per heavy atom. The van der Waals surface area contributed by atoms with Crippen LogP contribution in [0.5, 0.6) is 5.75 Å². The van der Waals surface area contributed by atoms with E-state index in [1.165, 1.54) is 11.9 Å². The number of aromatic hydroxyl groups is 1. The summed E-state index contributed by atoms with van der Waals surface area (Å²) in [6.45, 7) is 2.77. The van der Waals surface area contributed by atoms with Crippen LogP contribution in [0.3, 0.4) is 0 Å². The Morgan fingerprint density at radius 1 is 1.26 bits per heavy atom. The smallest absolute Gasteiger partial charge is 0.293 e. The van der Waals surface area contributed by atoms with Crippen molar-refractivity contribution in [3.05, 3.63) is 62.6 Å².